The maximum atomic E-state index is 12.9. The van der Waals surface area contributed by atoms with Crippen molar-refractivity contribution in [3.8, 4) is 0 Å². The van der Waals surface area contributed by atoms with Gasteiger partial charge in [-0.3, -0.25) is 0 Å². The number of hydrogen-bond donors (Lipinski definition) is 0. The Labute approximate surface area is 102 Å². The zero-order valence-corrected chi connectivity index (χ0v) is 10.5. The van der Waals surface area contributed by atoms with E-state index in [-0.39, 0.29) is 5.82 Å². The molecule has 0 radical (unpaired) electrons. The van der Waals surface area contributed by atoms with Crippen LogP contribution in [-0.2, 0) is 4.74 Å². The predicted molar refractivity (Wildman–Crippen MR) is 66.6 cm³/mol. The molecule has 2 atom stereocenters. The second kappa shape index (κ2) is 5.61. The Morgan fingerprint density at radius 2 is 2.00 bits per heavy atom. The molecular weight excluding hydrogens is 217 g/mol. The van der Waals surface area contributed by atoms with Gasteiger partial charge in [0.05, 0.1) is 6.61 Å². The van der Waals surface area contributed by atoms with Gasteiger partial charge in [-0.15, -0.1) is 0 Å². The van der Waals surface area contributed by atoms with Crippen LogP contribution in [0.4, 0.5) is 4.39 Å². The lowest BCUT2D eigenvalue weighted by molar-refractivity contribution is 0.159. The molecular formula is C14H20FNO. The third-order valence-electron chi connectivity index (χ3n) is 3.60. The van der Waals surface area contributed by atoms with Gasteiger partial charge in [0.2, 0.25) is 0 Å². The van der Waals surface area contributed by atoms with E-state index in [2.05, 4.69) is 11.8 Å². The van der Waals surface area contributed by atoms with Crippen molar-refractivity contribution in [2.24, 2.45) is 5.92 Å². The number of methoxy groups -OCH3 is 1. The van der Waals surface area contributed by atoms with Gasteiger partial charge in [0.15, 0.2) is 0 Å². The van der Waals surface area contributed by atoms with E-state index in [1.165, 1.54) is 5.56 Å². The van der Waals surface area contributed by atoms with Crippen molar-refractivity contribution in [3.63, 3.8) is 0 Å². The van der Waals surface area contributed by atoms with Crippen molar-refractivity contribution in [2.45, 2.75) is 12.8 Å². The molecule has 2 rings (SSSR count). The minimum Gasteiger partial charge on any atom is -0.383 e. The van der Waals surface area contributed by atoms with Crippen LogP contribution in [0.5, 0.6) is 0 Å². The summed E-state index contributed by atoms with van der Waals surface area (Å²) in [6.45, 7) is 6.18. The molecule has 0 aromatic heterocycles. The summed E-state index contributed by atoms with van der Waals surface area (Å²) in [6, 6.07) is 6.94. The Morgan fingerprint density at radius 3 is 2.65 bits per heavy atom. The number of benzene rings is 1. The summed E-state index contributed by atoms with van der Waals surface area (Å²) < 4.78 is 18.0. The molecule has 0 aliphatic carbocycles. The average molecular weight is 237 g/mol. The lowest BCUT2D eigenvalue weighted by Gasteiger charge is -2.15. The molecule has 3 heteroatoms. The lowest BCUT2D eigenvalue weighted by atomic mass is 9.90. The van der Waals surface area contributed by atoms with Crippen LogP contribution >= 0.6 is 0 Å². The number of ether oxygens (including phenoxy) is 1. The SMILES string of the molecule is COCCN1CC(C)C(c2ccc(F)cc2)C1. The molecule has 1 heterocycles. The zero-order valence-electron chi connectivity index (χ0n) is 10.5. The third-order valence-corrected chi connectivity index (χ3v) is 3.60. The highest BCUT2D eigenvalue weighted by Crippen LogP contribution is 2.32. The first-order chi connectivity index (χ1) is 8.20. The fraction of sp³-hybridized carbons (Fsp3) is 0.571. The Balaban J connectivity index is 2.00. The van der Waals surface area contributed by atoms with Crippen molar-refractivity contribution in [3.05, 3.63) is 35.6 Å². The molecule has 2 nitrogen and oxygen atoms in total. The van der Waals surface area contributed by atoms with Crippen molar-refractivity contribution < 1.29 is 9.13 Å². The van der Waals surface area contributed by atoms with Crippen LogP contribution in [0.25, 0.3) is 0 Å². The maximum Gasteiger partial charge on any atom is 0.123 e. The van der Waals surface area contributed by atoms with Gasteiger partial charge in [-0.2, -0.15) is 0 Å². The third kappa shape index (κ3) is 3.05. The van der Waals surface area contributed by atoms with E-state index in [1.54, 1.807) is 19.2 Å². The van der Waals surface area contributed by atoms with Gasteiger partial charge in [-0.25, -0.2) is 4.39 Å². The summed E-state index contributed by atoms with van der Waals surface area (Å²) in [5.74, 6) is 0.986. The minimum absolute atomic E-state index is 0.157. The summed E-state index contributed by atoms with van der Waals surface area (Å²) in [5.41, 5.74) is 1.25. The van der Waals surface area contributed by atoms with Crippen LogP contribution in [0.3, 0.4) is 0 Å². The van der Waals surface area contributed by atoms with E-state index in [4.69, 9.17) is 4.74 Å². The van der Waals surface area contributed by atoms with E-state index in [9.17, 15) is 4.39 Å². The number of nitrogens with zero attached hydrogens (tertiary/aromatic N) is 1. The van der Waals surface area contributed by atoms with Crippen LogP contribution in [0.15, 0.2) is 24.3 Å². The summed E-state index contributed by atoms with van der Waals surface area (Å²) in [6.07, 6.45) is 0. The topological polar surface area (TPSA) is 12.5 Å². The largest absolute Gasteiger partial charge is 0.383 e. The van der Waals surface area contributed by atoms with Crippen LogP contribution < -0.4 is 0 Å². The molecule has 1 saturated heterocycles. The van der Waals surface area contributed by atoms with E-state index < -0.39 is 0 Å². The van der Waals surface area contributed by atoms with Crippen LogP contribution in [0, 0.1) is 11.7 Å². The molecule has 0 bridgehead atoms. The number of likely N-dealkylation sites (tertiary alicyclic amines) is 1. The molecule has 2 unspecified atom stereocenters. The highest BCUT2D eigenvalue weighted by molar-refractivity contribution is 5.22. The van der Waals surface area contributed by atoms with Crippen LogP contribution in [0.2, 0.25) is 0 Å². The van der Waals surface area contributed by atoms with Gasteiger partial charge in [0.25, 0.3) is 0 Å². The smallest absolute Gasteiger partial charge is 0.123 e. The van der Waals surface area contributed by atoms with E-state index >= 15 is 0 Å². The molecule has 1 aliphatic heterocycles. The molecule has 0 N–H and O–H groups in total. The van der Waals surface area contributed by atoms with Gasteiger partial charge in [-0.05, 0) is 23.6 Å². The Bertz CT molecular complexity index is 352. The van der Waals surface area contributed by atoms with Gasteiger partial charge < -0.3 is 9.64 Å². The molecule has 1 aliphatic rings. The Kier molecular flexibility index (Phi) is 4.13. The predicted octanol–water partition coefficient (Wildman–Crippen LogP) is 2.51. The first-order valence-corrected chi connectivity index (χ1v) is 6.17. The molecule has 0 amide bonds. The van der Waals surface area contributed by atoms with Crippen molar-refractivity contribution in [1.29, 1.82) is 0 Å². The van der Waals surface area contributed by atoms with Gasteiger partial charge in [0.1, 0.15) is 5.82 Å². The Hall–Kier alpha value is -0.930. The molecule has 94 valence electrons. The fourth-order valence-electron chi connectivity index (χ4n) is 2.61. The quantitative estimate of drug-likeness (QED) is 0.798. The van der Waals surface area contributed by atoms with Crippen molar-refractivity contribution in [2.75, 3.05) is 33.4 Å². The van der Waals surface area contributed by atoms with Gasteiger partial charge in [-0.1, -0.05) is 19.1 Å². The standard InChI is InChI=1S/C14H20FNO/c1-11-9-16(7-8-17-2)10-14(11)12-3-5-13(15)6-4-12/h3-6,11,14H,7-10H2,1-2H3. The van der Waals surface area contributed by atoms with E-state index in [0.717, 1.165) is 26.2 Å². The van der Waals surface area contributed by atoms with E-state index in [1.807, 2.05) is 12.1 Å². The highest BCUT2D eigenvalue weighted by Gasteiger charge is 2.30. The second-order valence-electron chi connectivity index (χ2n) is 4.89. The summed E-state index contributed by atoms with van der Waals surface area (Å²) >= 11 is 0. The number of rotatable bonds is 4. The first-order valence-electron chi connectivity index (χ1n) is 6.17. The fourth-order valence-corrected chi connectivity index (χ4v) is 2.61. The summed E-state index contributed by atoms with van der Waals surface area (Å²) in [5, 5.41) is 0. The second-order valence-corrected chi connectivity index (χ2v) is 4.89. The minimum atomic E-state index is -0.157. The number of halogens is 1. The van der Waals surface area contributed by atoms with Crippen molar-refractivity contribution >= 4 is 0 Å². The van der Waals surface area contributed by atoms with Gasteiger partial charge >= 0.3 is 0 Å². The summed E-state index contributed by atoms with van der Waals surface area (Å²) in [7, 11) is 1.73. The van der Waals surface area contributed by atoms with E-state index in [0.29, 0.717) is 11.8 Å². The molecule has 1 aromatic carbocycles. The number of hydrogen-bond acceptors (Lipinski definition) is 2. The summed E-state index contributed by atoms with van der Waals surface area (Å²) in [4.78, 5) is 2.42. The van der Waals surface area contributed by atoms with Crippen LogP contribution in [0.1, 0.15) is 18.4 Å². The molecule has 0 saturated carbocycles. The first kappa shape index (κ1) is 12.5. The molecule has 17 heavy (non-hydrogen) atoms. The lowest BCUT2D eigenvalue weighted by Crippen LogP contribution is -2.24. The molecule has 1 fully saturated rings. The molecule has 1 aromatic rings. The normalized spacial score (nSPS) is 25.4. The molecule has 0 spiro atoms. The monoisotopic (exact) mass is 237 g/mol. The van der Waals surface area contributed by atoms with Gasteiger partial charge in [0, 0.05) is 32.7 Å². The Morgan fingerprint density at radius 1 is 1.29 bits per heavy atom. The van der Waals surface area contributed by atoms with Crippen molar-refractivity contribution in [1.82, 2.24) is 4.90 Å². The zero-order chi connectivity index (χ0) is 12.3. The average Bonchev–Trinajstić information content (AvgIpc) is 2.69. The maximum absolute atomic E-state index is 12.9. The highest BCUT2D eigenvalue weighted by atomic mass is 19.1. The van der Waals surface area contributed by atoms with Crippen LogP contribution in [-0.4, -0.2) is 38.3 Å².